The quantitative estimate of drug-likeness (QED) is 0.734. The van der Waals surface area contributed by atoms with E-state index in [4.69, 9.17) is 4.74 Å². The molecule has 2 amide bonds. The molecule has 0 spiro atoms. The molecule has 2 N–H and O–H groups in total. The number of hydrogen-bond acceptors (Lipinski definition) is 4. The fourth-order valence-electron chi connectivity index (χ4n) is 4.04. The number of ether oxygens (including phenoxy) is 1. The fourth-order valence-corrected chi connectivity index (χ4v) is 4.04. The average Bonchev–Trinajstić information content (AvgIpc) is 3.19. The van der Waals surface area contributed by atoms with Crippen molar-refractivity contribution in [2.24, 2.45) is 0 Å². The zero-order valence-corrected chi connectivity index (χ0v) is 15.1. The number of urea groups is 1. The number of aromatic nitrogens is 2. The second kappa shape index (κ2) is 9.20. The van der Waals surface area contributed by atoms with Gasteiger partial charge in [-0.25, -0.2) is 4.79 Å². The fraction of sp³-hybridized carbons (Fsp3) is 0.778. The minimum atomic E-state index is -0.0568. The van der Waals surface area contributed by atoms with Gasteiger partial charge in [0.1, 0.15) is 0 Å². The third kappa shape index (κ3) is 5.19. The lowest BCUT2D eigenvalue weighted by Crippen LogP contribution is -2.60. The Balaban J connectivity index is 1.41. The summed E-state index contributed by atoms with van der Waals surface area (Å²) in [5.41, 5.74) is 0.119. The molecule has 1 saturated carbocycles. The second-order valence-corrected chi connectivity index (χ2v) is 7.12. The first-order valence-electron chi connectivity index (χ1n) is 9.60. The number of aryl methyl sites for hydroxylation is 1. The lowest BCUT2D eigenvalue weighted by molar-refractivity contribution is -0.0357. The Morgan fingerprint density at radius 1 is 1.16 bits per heavy atom. The van der Waals surface area contributed by atoms with Crippen LogP contribution in [0.4, 0.5) is 4.79 Å². The molecular formula is C18H31N5O2. The van der Waals surface area contributed by atoms with Crippen LogP contribution in [0.3, 0.4) is 0 Å². The Morgan fingerprint density at radius 2 is 1.96 bits per heavy atom. The zero-order valence-electron chi connectivity index (χ0n) is 15.1. The number of amides is 2. The van der Waals surface area contributed by atoms with Gasteiger partial charge in [-0.3, -0.25) is 9.58 Å². The van der Waals surface area contributed by atoms with Gasteiger partial charge >= 0.3 is 6.03 Å². The van der Waals surface area contributed by atoms with Crippen LogP contribution >= 0.6 is 0 Å². The van der Waals surface area contributed by atoms with Gasteiger partial charge in [0.25, 0.3) is 0 Å². The zero-order chi connectivity index (χ0) is 17.4. The predicted molar refractivity (Wildman–Crippen MR) is 96.5 cm³/mol. The summed E-state index contributed by atoms with van der Waals surface area (Å²) in [6, 6.07) is 1.86. The van der Waals surface area contributed by atoms with Gasteiger partial charge in [0.05, 0.1) is 13.2 Å². The van der Waals surface area contributed by atoms with E-state index in [0.717, 1.165) is 45.8 Å². The Labute approximate surface area is 150 Å². The summed E-state index contributed by atoms with van der Waals surface area (Å²) >= 11 is 0. The van der Waals surface area contributed by atoms with Crippen LogP contribution in [0, 0.1) is 0 Å². The summed E-state index contributed by atoms with van der Waals surface area (Å²) in [4.78, 5) is 14.7. The summed E-state index contributed by atoms with van der Waals surface area (Å²) in [5.74, 6) is 0. The van der Waals surface area contributed by atoms with Gasteiger partial charge in [-0.05, 0) is 25.3 Å². The van der Waals surface area contributed by atoms with Crippen LogP contribution in [0.2, 0.25) is 0 Å². The third-order valence-electron chi connectivity index (χ3n) is 5.45. The number of morpholine rings is 1. The maximum absolute atomic E-state index is 12.2. The van der Waals surface area contributed by atoms with Crippen molar-refractivity contribution in [1.29, 1.82) is 0 Å². The molecule has 0 unspecified atom stereocenters. The number of nitrogens with one attached hydrogen (secondary N) is 2. The predicted octanol–water partition coefficient (Wildman–Crippen LogP) is 1.61. The first-order valence-corrected chi connectivity index (χ1v) is 9.60. The van der Waals surface area contributed by atoms with E-state index in [-0.39, 0.29) is 11.6 Å². The molecule has 2 aliphatic rings. The van der Waals surface area contributed by atoms with E-state index in [1.165, 1.54) is 32.1 Å². The summed E-state index contributed by atoms with van der Waals surface area (Å²) in [6.07, 6.45) is 10.8. The van der Waals surface area contributed by atoms with Crippen LogP contribution in [0.1, 0.15) is 38.5 Å². The monoisotopic (exact) mass is 349 g/mol. The molecule has 1 saturated heterocycles. The normalized spacial score (nSPS) is 21.0. The Hall–Kier alpha value is -1.60. The summed E-state index contributed by atoms with van der Waals surface area (Å²) in [7, 11) is 0. The van der Waals surface area contributed by atoms with Gasteiger partial charge in [0, 0.05) is 50.7 Å². The smallest absolute Gasteiger partial charge is 0.314 e. The number of carbonyl (C=O) groups excluding carboxylic acids is 1. The van der Waals surface area contributed by atoms with E-state index < -0.39 is 0 Å². The summed E-state index contributed by atoms with van der Waals surface area (Å²) < 4.78 is 7.39. The summed E-state index contributed by atoms with van der Waals surface area (Å²) in [6.45, 7) is 5.79. The van der Waals surface area contributed by atoms with Crippen molar-refractivity contribution in [2.75, 3.05) is 39.4 Å². The molecule has 0 atom stereocenters. The topological polar surface area (TPSA) is 71.4 Å². The van der Waals surface area contributed by atoms with E-state index in [0.29, 0.717) is 6.54 Å². The lowest BCUT2D eigenvalue weighted by atomic mass is 9.80. The molecule has 1 aromatic rings. The average molecular weight is 349 g/mol. The van der Waals surface area contributed by atoms with E-state index >= 15 is 0 Å². The molecule has 0 radical (unpaired) electrons. The molecule has 2 heterocycles. The molecule has 1 aliphatic heterocycles. The maximum Gasteiger partial charge on any atom is 0.314 e. The molecule has 3 rings (SSSR count). The Bertz CT molecular complexity index is 508. The van der Waals surface area contributed by atoms with E-state index in [9.17, 15) is 4.79 Å². The molecule has 140 valence electrons. The minimum absolute atomic E-state index is 0.0568. The van der Waals surface area contributed by atoms with Crippen molar-refractivity contribution < 1.29 is 9.53 Å². The third-order valence-corrected chi connectivity index (χ3v) is 5.45. The van der Waals surface area contributed by atoms with Gasteiger partial charge in [-0.15, -0.1) is 0 Å². The first-order chi connectivity index (χ1) is 12.3. The minimum Gasteiger partial charge on any atom is -0.379 e. The van der Waals surface area contributed by atoms with Crippen LogP contribution in [0.15, 0.2) is 18.5 Å². The van der Waals surface area contributed by atoms with Crippen LogP contribution in [-0.2, 0) is 11.3 Å². The maximum atomic E-state index is 12.2. The molecule has 7 heteroatoms. The van der Waals surface area contributed by atoms with Gasteiger partial charge in [0.15, 0.2) is 0 Å². The van der Waals surface area contributed by atoms with E-state index in [1.54, 1.807) is 6.20 Å². The van der Waals surface area contributed by atoms with Crippen molar-refractivity contribution in [3.63, 3.8) is 0 Å². The molecule has 1 aliphatic carbocycles. The molecular weight excluding hydrogens is 318 g/mol. The number of carbonyl (C=O) groups is 1. The van der Waals surface area contributed by atoms with Crippen LogP contribution in [0.5, 0.6) is 0 Å². The highest BCUT2D eigenvalue weighted by atomic mass is 16.5. The van der Waals surface area contributed by atoms with Gasteiger partial charge in [-0.2, -0.15) is 5.10 Å². The summed E-state index contributed by atoms with van der Waals surface area (Å²) in [5, 5.41) is 10.3. The Morgan fingerprint density at radius 3 is 2.68 bits per heavy atom. The van der Waals surface area contributed by atoms with Crippen LogP contribution < -0.4 is 10.6 Å². The van der Waals surface area contributed by atoms with E-state index in [2.05, 4.69) is 20.6 Å². The van der Waals surface area contributed by atoms with Crippen LogP contribution in [-0.4, -0.2) is 65.6 Å². The first kappa shape index (κ1) is 18.2. The molecule has 25 heavy (non-hydrogen) atoms. The highest BCUT2D eigenvalue weighted by molar-refractivity contribution is 5.73. The van der Waals surface area contributed by atoms with Gasteiger partial charge in [0.2, 0.25) is 0 Å². The van der Waals surface area contributed by atoms with Crippen LogP contribution in [0.25, 0.3) is 0 Å². The van der Waals surface area contributed by atoms with Crippen molar-refractivity contribution in [1.82, 2.24) is 25.3 Å². The number of hydrogen-bond donors (Lipinski definition) is 2. The van der Waals surface area contributed by atoms with Gasteiger partial charge in [-0.1, -0.05) is 19.3 Å². The van der Waals surface area contributed by atoms with Crippen molar-refractivity contribution in [3.8, 4) is 0 Å². The second-order valence-electron chi connectivity index (χ2n) is 7.12. The van der Waals surface area contributed by atoms with Gasteiger partial charge < -0.3 is 15.4 Å². The molecule has 1 aromatic heterocycles. The molecule has 2 fully saturated rings. The standard InChI is InChI=1S/C18H31N5O2/c24-17(19-8-4-10-23-11-5-9-21-23)20-16-18(6-2-1-3-7-18)22-12-14-25-15-13-22/h5,9,11H,1-4,6-8,10,12-16H2,(H2,19,20,24). The lowest BCUT2D eigenvalue weighted by Gasteiger charge is -2.48. The largest absolute Gasteiger partial charge is 0.379 e. The Kier molecular flexibility index (Phi) is 6.69. The molecule has 7 nitrogen and oxygen atoms in total. The molecule has 0 aromatic carbocycles. The number of rotatable bonds is 7. The molecule has 0 bridgehead atoms. The van der Waals surface area contributed by atoms with Crippen molar-refractivity contribution >= 4 is 6.03 Å². The highest BCUT2D eigenvalue weighted by Crippen LogP contribution is 2.33. The number of nitrogens with zero attached hydrogens (tertiary/aromatic N) is 3. The van der Waals surface area contributed by atoms with Crippen molar-refractivity contribution in [3.05, 3.63) is 18.5 Å². The van der Waals surface area contributed by atoms with Crippen molar-refractivity contribution in [2.45, 2.75) is 50.6 Å². The highest BCUT2D eigenvalue weighted by Gasteiger charge is 2.38. The SMILES string of the molecule is O=C(NCCCn1cccn1)NCC1(N2CCOCC2)CCCCC1. The van der Waals surface area contributed by atoms with E-state index in [1.807, 2.05) is 16.9 Å².